The number of nitrogens with one attached hydrogen (secondary N) is 2. The van der Waals surface area contributed by atoms with Crippen LogP contribution in [0.2, 0.25) is 0 Å². The molecule has 0 bridgehead atoms. The topological polar surface area (TPSA) is 71.1 Å². The van der Waals surface area contributed by atoms with E-state index in [0.29, 0.717) is 23.7 Å². The van der Waals surface area contributed by atoms with Crippen molar-refractivity contribution in [2.75, 3.05) is 11.9 Å². The van der Waals surface area contributed by atoms with Crippen molar-refractivity contribution in [3.05, 3.63) is 53.9 Å². The van der Waals surface area contributed by atoms with Crippen LogP contribution in [0.5, 0.6) is 0 Å². The van der Waals surface area contributed by atoms with Crippen LogP contribution >= 0.6 is 0 Å². The standard InChI is InChI=1S/C18H21N3O2/c1-12(2)10-20-18(23)17-9-8-16(11-19-17)21-15-6-4-14(5-7-15)13(3)22/h4-9,11-12,21H,10H2,1-3H3,(H,20,23). The summed E-state index contributed by atoms with van der Waals surface area (Å²) in [5.74, 6) is 0.268. The van der Waals surface area contributed by atoms with E-state index in [1.807, 2.05) is 26.0 Å². The first-order chi connectivity index (χ1) is 11.0. The number of pyridine rings is 1. The van der Waals surface area contributed by atoms with Crippen LogP contribution in [0, 0.1) is 5.92 Å². The van der Waals surface area contributed by atoms with E-state index >= 15 is 0 Å². The number of anilines is 2. The van der Waals surface area contributed by atoms with Gasteiger partial charge in [0.05, 0.1) is 11.9 Å². The monoisotopic (exact) mass is 311 g/mol. The Morgan fingerprint density at radius 1 is 1.04 bits per heavy atom. The highest BCUT2D eigenvalue weighted by molar-refractivity contribution is 5.94. The van der Waals surface area contributed by atoms with E-state index < -0.39 is 0 Å². The number of Topliss-reactive ketones (excluding diaryl/α,β-unsaturated/α-hetero) is 1. The Morgan fingerprint density at radius 2 is 1.70 bits per heavy atom. The second-order valence-corrected chi connectivity index (χ2v) is 5.79. The van der Waals surface area contributed by atoms with Crippen LogP contribution in [0.4, 0.5) is 11.4 Å². The van der Waals surface area contributed by atoms with Gasteiger partial charge in [-0.2, -0.15) is 0 Å². The summed E-state index contributed by atoms with van der Waals surface area (Å²) in [7, 11) is 0. The summed E-state index contributed by atoms with van der Waals surface area (Å²) in [4.78, 5) is 27.3. The molecule has 2 rings (SSSR count). The van der Waals surface area contributed by atoms with Gasteiger partial charge in [-0.25, -0.2) is 4.98 Å². The molecule has 0 aliphatic heterocycles. The van der Waals surface area contributed by atoms with Gasteiger partial charge in [0.15, 0.2) is 5.78 Å². The molecule has 1 aromatic carbocycles. The first kappa shape index (κ1) is 16.7. The molecule has 0 spiro atoms. The van der Waals surface area contributed by atoms with Crippen molar-refractivity contribution >= 4 is 23.1 Å². The molecule has 5 nitrogen and oxygen atoms in total. The van der Waals surface area contributed by atoms with Gasteiger partial charge in [0.1, 0.15) is 5.69 Å². The normalized spacial score (nSPS) is 10.4. The minimum Gasteiger partial charge on any atom is -0.354 e. The van der Waals surface area contributed by atoms with Gasteiger partial charge in [-0.15, -0.1) is 0 Å². The lowest BCUT2D eigenvalue weighted by Gasteiger charge is -2.09. The summed E-state index contributed by atoms with van der Waals surface area (Å²) in [5.41, 5.74) is 2.70. The molecule has 0 aliphatic rings. The Labute approximate surface area is 136 Å². The molecule has 0 atom stereocenters. The Morgan fingerprint density at radius 3 is 2.22 bits per heavy atom. The molecule has 120 valence electrons. The van der Waals surface area contributed by atoms with E-state index in [-0.39, 0.29) is 11.7 Å². The number of nitrogens with zero attached hydrogens (tertiary/aromatic N) is 1. The number of rotatable bonds is 6. The quantitative estimate of drug-likeness (QED) is 0.802. The summed E-state index contributed by atoms with van der Waals surface area (Å²) < 4.78 is 0. The van der Waals surface area contributed by atoms with Crippen molar-refractivity contribution in [3.63, 3.8) is 0 Å². The Kier molecular flexibility index (Phi) is 5.46. The maximum Gasteiger partial charge on any atom is 0.269 e. The third-order valence-electron chi connectivity index (χ3n) is 3.25. The van der Waals surface area contributed by atoms with Crippen LogP contribution in [0.15, 0.2) is 42.6 Å². The van der Waals surface area contributed by atoms with Gasteiger partial charge in [0.2, 0.25) is 0 Å². The lowest BCUT2D eigenvalue weighted by atomic mass is 10.1. The van der Waals surface area contributed by atoms with Crippen molar-refractivity contribution in [2.45, 2.75) is 20.8 Å². The number of hydrogen-bond acceptors (Lipinski definition) is 4. The smallest absolute Gasteiger partial charge is 0.269 e. The van der Waals surface area contributed by atoms with E-state index in [9.17, 15) is 9.59 Å². The van der Waals surface area contributed by atoms with Crippen molar-refractivity contribution < 1.29 is 9.59 Å². The first-order valence-corrected chi connectivity index (χ1v) is 7.58. The molecule has 1 amide bonds. The number of hydrogen-bond donors (Lipinski definition) is 2. The minimum atomic E-state index is -0.170. The van der Waals surface area contributed by atoms with E-state index in [1.54, 1.807) is 30.5 Å². The third-order valence-corrected chi connectivity index (χ3v) is 3.25. The van der Waals surface area contributed by atoms with E-state index in [4.69, 9.17) is 0 Å². The molecular formula is C18H21N3O2. The maximum absolute atomic E-state index is 11.9. The lowest BCUT2D eigenvalue weighted by Crippen LogP contribution is -2.27. The second kappa shape index (κ2) is 7.54. The molecule has 0 fully saturated rings. The lowest BCUT2D eigenvalue weighted by molar-refractivity contribution is 0.0943. The molecule has 5 heteroatoms. The summed E-state index contributed by atoms with van der Waals surface area (Å²) in [6, 6.07) is 10.7. The molecular weight excluding hydrogens is 290 g/mol. The molecule has 0 saturated carbocycles. The predicted molar refractivity (Wildman–Crippen MR) is 91.1 cm³/mol. The molecule has 0 aliphatic carbocycles. The van der Waals surface area contributed by atoms with Crippen LogP contribution in [-0.2, 0) is 0 Å². The first-order valence-electron chi connectivity index (χ1n) is 7.58. The largest absolute Gasteiger partial charge is 0.354 e. The van der Waals surface area contributed by atoms with Crippen LogP contribution in [-0.4, -0.2) is 23.2 Å². The van der Waals surface area contributed by atoms with Gasteiger partial charge in [-0.1, -0.05) is 13.8 Å². The van der Waals surface area contributed by atoms with Gasteiger partial charge < -0.3 is 10.6 Å². The Bertz CT molecular complexity index is 676. The minimum absolute atomic E-state index is 0.0370. The summed E-state index contributed by atoms with van der Waals surface area (Å²) in [6.45, 7) is 6.24. The number of carbonyl (C=O) groups excluding carboxylic acids is 2. The molecule has 1 aromatic heterocycles. The van der Waals surface area contributed by atoms with Crippen molar-refractivity contribution in [1.82, 2.24) is 10.3 Å². The number of carbonyl (C=O) groups is 2. The zero-order chi connectivity index (χ0) is 16.8. The van der Waals surface area contributed by atoms with E-state index in [1.165, 1.54) is 6.92 Å². The van der Waals surface area contributed by atoms with E-state index in [0.717, 1.165) is 11.4 Å². The van der Waals surface area contributed by atoms with Crippen LogP contribution < -0.4 is 10.6 Å². The van der Waals surface area contributed by atoms with Crippen molar-refractivity contribution in [2.24, 2.45) is 5.92 Å². The molecule has 1 heterocycles. The Hall–Kier alpha value is -2.69. The fraction of sp³-hybridized carbons (Fsp3) is 0.278. The fourth-order valence-electron chi connectivity index (χ4n) is 1.94. The average Bonchev–Trinajstić information content (AvgIpc) is 2.54. The van der Waals surface area contributed by atoms with Crippen LogP contribution in [0.3, 0.4) is 0 Å². The Balaban J connectivity index is 1.99. The SMILES string of the molecule is CC(=O)c1ccc(Nc2ccc(C(=O)NCC(C)C)nc2)cc1. The second-order valence-electron chi connectivity index (χ2n) is 5.79. The molecule has 0 saturated heterocycles. The molecule has 0 radical (unpaired) electrons. The predicted octanol–water partition coefficient (Wildman–Crippen LogP) is 3.41. The maximum atomic E-state index is 11.9. The zero-order valence-corrected chi connectivity index (χ0v) is 13.6. The van der Waals surface area contributed by atoms with Crippen molar-refractivity contribution in [3.8, 4) is 0 Å². The number of benzene rings is 1. The summed E-state index contributed by atoms with van der Waals surface area (Å²) >= 11 is 0. The van der Waals surface area contributed by atoms with Crippen molar-refractivity contribution in [1.29, 1.82) is 0 Å². The highest BCUT2D eigenvalue weighted by Gasteiger charge is 2.07. The number of ketones is 1. The van der Waals surface area contributed by atoms with Gasteiger partial charge in [-0.3, -0.25) is 9.59 Å². The van der Waals surface area contributed by atoms with Crippen LogP contribution in [0.25, 0.3) is 0 Å². The van der Waals surface area contributed by atoms with Gasteiger partial charge in [-0.05, 0) is 49.2 Å². The number of aromatic nitrogens is 1. The fourth-order valence-corrected chi connectivity index (χ4v) is 1.94. The van der Waals surface area contributed by atoms with Gasteiger partial charge >= 0.3 is 0 Å². The average molecular weight is 311 g/mol. The molecule has 0 unspecified atom stereocenters. The summed E-state index contributed by atoms with van der Waals surface area (Å²) in [6.07, 6.45) is 1.61. The molecule has 2 N–H and O–H groups in total. The zero-order valence-electron chi connectivity index (χ0n) is 13.6. The van der Waals surface area contributed by atoms with E-state index in [2.05, 4.69) is 15.6 Å². The molecule has 23 heavy (non-hydrogen) atoms. The third kappa shape index (κ3) is 4.92. The van der Waals surface area contributed by atoms with Gasteiger partial charge in [0, 0.05) is 17.8 Å². The highest BCUT2D eigenvalue weighted by atomic mass is 16.1. The highest BCUT2D eigenvalue weighted by Crippen LogP contribution is 2.16. The number of amides is 1. The summed E-state index contributed by atoms with van der Waals surface area (Å²) in [5, 5.41) is 6.01. The molecule has 2 aromatic rings. The van der Waals surface area contributed by atoms with Gasteiger partial charge in [0.25, 0.3) is 5.91 Å². The van der Waals surface area contributed by atoms with Crippen LogP contribution in [0.1, 0.15) is 41.6 Å².